The molecule has 0 atom stereocenters. The Labute approximate surface area is 141 Å². The Morgan fingerprint density at radius 1 is 1.04 bits per heavy atom. The number of anilines is 2. The minimum absolute atomic E-state index is 0.0152. The number of nitrogens with one attached hydrogen (secondary N) is 2. The van der Waals surface area contributed by atoms with Crippen molar-refractivity contribution in [2.24, 2.45) is 0 Å². The number of Topliss-reactive ketones (excluding diaryl/α,β-unsaturated/α-hetero) is 1. The molecule has 0 aliphatic heterocycles. The van der Waals surface area contributed by atoms with E-state index in [1.807, 2.05) is 12.1 Å². The summed E-state index contributed by atoms with van der Waals surface area (Å²) in [6, 6.07) is 9.31. The van der Waals surface area contributed by atoms with Crippen molar-refractivity contribution >= 4 is 23.1 Å². The molecule has 0 unspecified atom stereocenters. The third-order valence-electron chi connectivity index (χ3n) is 4.25. The number of hydrogen-bond acceptors (Lipinski definition) is 4. The van der Waals surface area contributed by atoms with Gasteiger partial charge in [-0.15, -0.1) is 0 Å². The van der Waals surface area contributed by atoms with Crippen LogP contribution in [0.3, 0.4) is 0 Å². The molecule has 1 aliphatic carbocycles. The molecule has 1 saturated carbocycles. The molecule has 1 fully saturated rings. The van der Waals surface area contributed by atoms with E-state index in [1.54, 1.807) is 30.6 Å². The highest BCUT2D eigenvalue weighted by molar-refractivity contribution is 5.96. The first-order valence-electron chi connectivity index (χ1n) is 8.26. The minimum atomic E-state index is -0.0875. The predicted octanol–water partition coefficient (Wildman–Crippen LogP) is 3.70. The summed E-state index contributed by atoms with van der Waals surface area (Å²) in [5.41, 5.74) is 2.69. The number of rotatable bonds is 5. The van der Waals surface area contributed by atoms with Crippen LogP contribution in [0, 0.1) is 0 Å². The van der Waals surface area contributed by atoms with Gasteiger partial charge in [-0.1, -0.05) is 25.0 Å². The summed E-state index contributed by atoms with van der Waals surface area (Å²) < 4.78 is 0. The van der Waals surface area contributed by atoms with E-state index in [2.05, 4.69) is 15.6 Å². The quantitative estimate of drug-likeness (QED) is 0.823. The van der Waals surface area contributed by atoms with Crippen LogP contribution in [-0.4, -0.2) is 22.7 Å². The average molecular weight is 323 g/mol. The molecule has 1 aliphatic rings. The van der Waals surface area contributed by atoms with Gasteiger partial charge in [-0.25, -0.2) is 0 Å². The smallest absolute Gasteiger partial charge is 0.253 e. The van der Waals surface area contributed by atoms with Crippen LogP contribution in [0.15, 0.2) is 42.7 Å². The Morgan fingerprint density at radius 3 is 2.54 bits per heavy atom. The highest BCUT2D eigenvalue weighted by Gasteiger charge is 2.18. The van der Waals surface area contributed by atoms with Crippen molar-refractivity contribution in [2.45, 2.75) is 38.6 Å². The Balaban J connectivity index is 1.71. The topological polar surface area (TPSA) is 71.1 Å². The van der Waals surface area contributed by atoms with Gasteiger partial charge < -0.3 is 10.6 Å². The fourth-order valence-electron chi connectivity index (χ4n) is 2.95. The van der Waals surface area contributed by atoms with Gasteiger partial charge in [0.1, 0.15) is 0 Å². The fourth-order valence-corrected chi connectivity index (χ4v) is 2.95. The molecular formula is C19H21N3O2. The van der Waals surface area contributed by atoms with E-state index < -0.39 is 0 Å². The predicted molar refractivity (Wildman–Crippen MR) is 93.7 cm³/mol. The van der Waals surface area contributed by atoms with E-state index >= 15 is 0 Å². The first-order valence-corrected chi connectivity index (χ1v) is 8.26. The summed E-state index contributed by atoms with van der Waals surface area (Å²) in [5, 5.41) is 6.25. The molecule has 1 aromatic carbocycles. The van der Waals surface area contributed by atoms with Gasteiger partial charge in [0, 0.05) is 23.5 Å². The SMILES string of the molecule is CC(=O)c1cccc(Nc2cncc(C(=O)NC3CCCC3)c2)c1. The lowest BCUT2D eigenvalue weighted by Crippen LogP contribution is -2.32. The number of carbonyl (C=O) groups excluding carboxylic acids is 2. The second kappa shape index (κ2) is 7.25. The van der Waals surface area contributed by atoms with E-state index in [0.29, 0.717) is 11.1 Å². The number of nitrogens with zero attached hydrogens (tertiary/aromatic N) is 1. The van der Waals surface area contributed by atoms with E-state index in [0.717, 1.165) is 24.2 Å². The highest BCUT2D eigenvalue weighted by atomic mass is 16.1. The van der Waals surface area contributed by atoms with Crippen LogP contribution in [0.2, 0.25) is 0 Å². The number of pyridine rings is 1. The zero-order valence-electron chi connectivity index (χ0n) is 13.7. The maximum absolute atomic E-state index is 12.3. The van der Waals surface area contributed by atoms with Gasteiger partial charge in [-0.2, -0.15) is 0 Å². The van der Waals surface area contributed by atoms with E-state index in [4.69, 9.17) is 0 Å². The summed E-state index contributed by atoms with van der Waals surface area (Å²) in [4.78, 5) is 27.9. The van der Waals surface area contributed by atoms with Gasteiger partial charge in [-0.05, 0) is 38.0 Å². The zero-order chi connectivity index (χ0) is 16.9. The summed E-state index contributed by atoms with van der Waals surface area (Å²) in [6.07, 6.45) is 7.69. The molecule has 5 heteroatoms. The molecule has 0 radical (unpaired) electrons. The van der Waals surface area contributed by atoms with Gasteiger partial charge in [0.05, 0.1) is 17.4 Å². The van der Waals surface area contributed by atoms with Crippen LogP contribution < -0.4 is 10.6 Å². The molecule has 124 valence electrons. The second-order valence-electron chi connectivity index (χ2n) is 6.18. The number of hydrogen-bond donors (Lipinski definition) is 2. The van der Waals surface area contributed by atoms with E-state index in [-0.39, 0.29) is 17.7 Å². The summed E-state index contributed by atoms with van der Waals surface area (Å²) in [7, 11) is 0. The molecule has 5 nitrogen and oxygen atoms in total. The van der Waals surface area contributed by atoms with Crippen molar-refractivity contribution in [3.8, 4) is 0 Å². The number of benzene rings is 1. The van der Waals surface area contributed by atoms with E-state index in [1.165, 1.54) is 19.8 Å². The molecule has 1 amide bonds. The lowest BCUT2D eigenvalue weighted by atomic mass is 10.1. The van der Waals surface area contributed by atoms with Crippen LogP contribution in [0.1, 0.15) is 53.3 Å². The summed E-state index contributed by atoms with van der Waals surface area (Å²) in [6.45, 7) is 1.54. The molecule has 24 heavy (non-hydrogen) atoms. The monoisotopic (exact) mass is 323 g/mol. The van der Waals surface area contributed by atoms with Crippen LogP contribution >= 0.6 is 0 Å². The Hall–Kier alpha value is -2.69. The third-order valence-corrected chi connectivity index (χ3v) is 4.25. The summed E-state index contributed by atoms with van der Waals surface area (Å²) in [5.74, 6) is -0.0722. The van der Waals surface area contributed by atoms with Gasteiger partial charge in [0.2, 0.25) is 0 Å². The maximum atomic E-state index is 12.3. The lowest BCUT2D eigenvalue weighted by molar-refractivity contribution is 0.0936. The van der Waals surface area contributed by atoms with Crippen LogP contribution in [0.5, 0.6) is 0 Å². The van der Waals surface area contributed by atoms with Gasteiger partial charge >= 0.3 is 0 Å². The Morgan fingerprint density at radius 2 is 1.79 bits per heavy atom. The van der Waals surface area contributed by atoms with Crippen molar-refractivity contribution in [1.82, 2.24) is 10.3 Å². The summed E-state index contributed by atoms with van der Waals surface area (Å²) >= 11 is 0. The van der Waals surface area contributed by atoms with Gasteiger partial charge in [0.15, 0.2) is 5.78 Å². The molecule has 3 rings (SSSR count). The van der Waals surface area contributed by atoms with Crippen molar-refractivity contribution < 1.29 is 9.59 Å². The molecule has 2 N–H and O–H groups in total. The van der Waals surface area contributed by atoms with Crippen molar-refractivity contribution in [3.05, 3.63) is 53.9 Å². The molecule has 1 aromatic heterocycles. The number of ketones is 1. The van der Waals surface area contributed by atoms with Gasteiger partial charge in [0.25, 0.3) is 5.91 Å². The molecule has 2 aromatic rings. The number of aromatic nitrogens is 1. The Bertz CT molecular complexity index is 752. The van der Waals surface area contributed by atoms with Gasteiger partial charge in [-0.3, -0.25) is 14.6 Å². The van der Waals surface area contributed by atoms with Crippen LogP contribution in [-0.2, 0) is 0 Å². The first kappa shape index (κ1) is 16.2. The molecular weight excluding hydrogens is 302 g/mol. The Kier molecular flexibility index (Phi) is 4.89. The molecule has 0 bridgehead atoms. The lowest BCUT2D eigenvalue weighted by Gasteiger charge is -2.13. The normalized spacial score (nSPS) is 14.4. The maximum Gasteiger partial charge on any atom is 0.253 e. The second-order valence-corrected chi connectivity index (χ2v) is 6.18. The van der Waals surface area contributed by atoms with E-state index in [9.17, 15) is 9.59 Å². The molecule has 1 heterocycles. The third kappa shape index (κ3) is 3.98. The van der Waals surface area contributed by atoms with Crippen LogP contribution in [0.4, 0.5) is 11.4 Å². The number of amides is 1. The first-order chi connectivity index (χ1) is 11.6. The fraction of sp³-hybridized carbons (Fsp3) is 0.316. The van der Waals surface area contributed by atoms with Crippen molar-refractivity contribution in [3.63, 3.8) is 0 Å². The standard InChI is InChI=1S/C19H21N3O2/c1-13(23)14-5-4-8-17(9-14)21-18-10-15(11-20-12-18)19(24)22-16-6-2-3-7-16/h4-5,8-12,16,21H,2-3,6-7H2,1H3,(H,22,24). The number of carbonyl (C=O) groups is 2. The van der Waals surface area contributed by atoms with Crippen molar-refractivity contribution in [1.29, 1.82) is 0 Å². The minimum Gasteiger partial charge on any atom is -0.354 e. The van der Waals surface area contributed by atoms with Crippen molar-refractivity contribution in [2.75, 3.05) is 5.32 Å². The molecule has 0 saturated heterocycles. The zero-order valence-corrected chi connectivity index (χ0v) is 13.7. The molecule has 0 spiro atoms. The average Bonchev–Trinajstić information content (AvgIpc) is 3.08. The van der Waals surface area contributed by atoms with Crippen LogP contribution in [0.25, 0.3) is 0 Å². The largest absolute Gasteiger partial charge is 0.354 e. The highest BCUT2D eigenvalue weighted by Crippen LogP contribution is 2.20.